The van der Waals surface area contributed by atoms with Gasteiger partial charge in [0.15, 0.2) is 5.96 Å². The van der Waals surface area contributed by atoms with Crippen LogP contribution in [0.5, 0.6) is 0 Å². The summed E-state index contributed by atoms with van der Waals surface area (Å²) in [4.78, 5) is 14.7. The van der Waals surface area contributed by atoms with Gasteiger partial charge in [-0.2, -0.15) is 0 Å². The molecule has 26 heavy (non-hydrogen) atoms. The number of hydrogen-bond acceptors (Lipinski definition) is 5. The molecule has 0 amide bonds. The first-order valence-electron chi connectivity index (χ1n) is 8.54. The van der Waals surface area contributed by atoms with Crippen LogP contribution in [0.2, 0.25) is 0 Å². The van der Waals surface area contributed by atoms with Crippen molar-refractivity contribution >= 4 is 41.3 Å². The third kappa shape index (κ3) is 10.4. The van der Waals surface area contributed by atoms with Gasteiger partial charge in [0.05, 0.1) is 11.5 Å². The number of anilines is 1. The summed E-state index contributed by atoms with van der Waals surface area (Å²) in [5.41, 5.74) is 0.583. The van der Waals surface area contributed by atoms with Crippen molar-refractivity contribution < 1.29 is 9.66 Å². The van der Waals surface area contributed by atoms with Crippen molar-refractivity contribution in [3.63, 3.8) is 0 Å². The summed E-state index contributed by atoms with van der Waals surface area (Å²) in [6.45, 7) is 7.54. The Balaban J connectivity index is 0.00000625. The molecule has 0 heterocycles. The summed E-state index contributed by atoms with van der Waals surface area (Å²) in [6.07, 6.45) is 1.06. The maximum absolute atomic E-state index is 10.9. The maximum atomic E-state index is 10.9. The summed E-state index contributed by atoms with van der Waals surface area (Å²) in [5, 5.41) is 20.3. The summed E-state index contributed by atoms with van der Waals surface area (Å²) in [6, 6.07) is 6.59. The number of hydrogen-bond donors (Lipinski definition) is 3. The van der Waals surface area contributed by atoms with Crippen LogP contribution < -0.4 is 16.0 Å². The Morgan fingerprint density at radius 3 is 2.54 bits per heavy atom. The molecule has 0 aliphatic rings. The zero-order valence-corrected chi connectivity index (χ0v) is 18.0. The average Bonchev–Trinajstić information content (AvgIpc) is 2.59. The highest BCUT2D eigenvalue weighted by atomic mass is 127. The van der Waals surface area contributed by atoms with Crippen molar-refractivity contribution in [1.82, 2.24) is 10.6 Å². The van der Waals surface area contributed by atoms with Crippen LogP contribution in [0.25, 0.3) is 0 Å². The third-order valence-electron chi connectivity index (χ3n) is 3.44. The fourth-order valence-corrected chi connectivity index (χ4v) is 2.04. The number of nitrogens with one attached hydrogen (secondary N) is 3. The standard InChI is InChI=1S/C17H29N5O3.HI/c1-14(2)8-12-25-13-11-21-17(18-3)20-10-9-19-15-6-4-5-7-16(15)22(23)24;/h4-7,14,19H,8-13H2,1-3H3,(H2,18,20,21);1H. The van der Waals surface area contributed by atoms with E-state index in [0.29, 0.717) is 43.8 Å². The van der Waals surface area contributed by atoms with E-state index in [2.05, 4.69) is 34.8 Å². The van der Waals surface area contributed by atoms with Gasteiger partial charge in [-0.05, 0) is 18.4 Å². The average molecular weight is 479 g/mol. The molecule has 0 fully saturated rings. The SMILES string of the molecule is CN=C(NCCNc1ccccc1[N+](=O)[O-])NCCOCCC(C)C.I. The summed E-state index contributed by atoms with van der Waals surface area (Å²) in [5.74, 6) is 1.33. The van der Waals surface area contributed by atoms with Gasteiger partial charge in [-0.25, -0.2) is 0 Å². The normalized spacial score (nSPS) is 11.0. The van der Waals surface area contributed by atoms with E-state index < -0.39 is 4.92 Å². The molecule has 3 N–H and O–H groups in total. The minimum absolute atomic E-state index is 0. The first-order valence-corrected chi connectivity index (χ1v) is 8.54. The predicted octanol–water partition coefficient (Wildman–Crippen LogP) is 2.85. The highest BCUT2D eigenvalue weighted by molar-refractivity contribution is 14.0. The lowest BCUT2D eigenvalue weighted by Gasteiger charge is -2.13. The molecule has 0 aliphatic heterocycles. The number of aliphatic imine (C=N–C) groups is 1. The highest BCUT2D eigenvalue weighted by Gasteiger charge is 2.11. The van der Waals surface area contributed by atoms with Gasteiger partial charge >= 0.3 is 0 Å². The van der Waals surface area contributed by atoms with E-state index in [0.717, 1.165) is 13.0 Å². The van der Waals surface area contributed by atoms with Gasteiger partial charge in [0.2, 0.25) is 0 Å². The Labute approximate surface area is 172 Å². The molecule has 1 aromatic carbocycles. The van der Waals surface area contributed by atoms with Crippen LogP contribution in [0.4, 0.5) is 11.4 Å². The number of rotatable bonds is 11. The number of halogens is 1. The molecule has 0 radical (unpaired) electrons. The minimum atomic E-state index is -0.393. The van der Waals surface area contributed by atoms with Crippen LogP contribution in [0.1, 0.15) is 20.3 Å². The Bertz CT molecular complexity index is 555. The van der Waals surface area contributed by atoms with Crippen molar-refractivity contribution in [3.05, 3.63) is 34.4 Å². The predicted molar refractivity (Wildman–Crippen MR) is 117 cm³/mol. The van der Waals surface area contributed by atoms with E-state index in [1.54, 1.807) is 25.2 Å². The number of ether oxygens (including phenoxy) is 1. The first kappa shape index (κ1) is 24.4. The molecule has 0 unspecified atom stereocenters. The lowest BCUT2D eigenvalue weighted by molar-refractivity contribution is -0.384. The molecule has 148 valence electrons. The lowest BCUT2D eigenvalue weighted by atomic mass is 10.1. The Morgan fingerprint density at radius 2 is 1.88 bits per heavy atom. The number of nitro groups is 1. The number of nitrogens with zero attached hydrogens (tertiary/aromatic N) is 2. The van der Waals surface area contributed by atoms with Gasteiger partial charge in [0.25, 0.3) is 5.69 Å². The summed E-state index contributed by atoms with van der Waals surface area (Å²) >= 11 is 0. The van der Waals surface area contributed by atoms with Gasteiger partial charge < -0.3 is 20.7 Å². The van der Waals surface area contributed by atoms with Gasteiger partial charge in [-0.3, -0.25) is 15.1 Å². The van der Waals surface area contributed by atoms with Gasteiger partial charge in [-0.1, -0.05) is 26.0 Å². The van der Waals surface area contributed by atoms with Crippen LogP contribution in [-0.4, -0.2) is 50.8 Å². The van der Waals surface area contributed by atoms with E-state index in [-0.39, 0.29) is 29.7 Å². The van der Waals surface area contributed by atoms with Crippen LogP contribution in [0, 0.1) is 16.0 Å². The van der Waals surface area contributed by atoms with Gasteiger partial charge in [0, 0.05) is 39.4 Å². The molecule has 0 aromatic heterocycles. The lowest BCUT2D eigenvalue weighted by Crippen LogP contribution is -2.40. The van der Waals surface area contributed by atoms with Crippen molar-refractivity contribution in [3.8, 4) is 0 Å². The van der Waals surface area contributed by atoms with Crippen molar-refractivity contribution in [1.29, 1.82) is 0 Å². The van der Waals surface area contributed by atoms with E-state index >= 15 is 0 Å². The molecular formula is C17H30IN5O3. The molecule has 0 spiro atoms. The van der Waals surface area contributed by atoms with Gasteiger partial charge in [-0.15, -0.1) is 24.0 Å². The molecular weight excluding hydrogens is 449 g/mol. The first-order chi connectivity index (χ1) is 12.0. The third-order valence-corrected chi connectivity index (χ3v) is 3.44. The second-order valence-electron chi connectivity index (χ2n) is 5.92. The van der Waals surface area contributed by atoms with Gasteiger partial charge in [0.1, 0.15) is 5.69 Å². The minimum Gasteiger partial charge on any atom is -0.380 e. The maximum Gasteiger partial charge on any atom is 0.292 e. The van der Waals surface area contributed by atoms with Crippen molar-refractivity contribution in [2.24, 2.45) is 10.9 Å². The largest absolute Gasteiger partial charge is 0.380 e. The molecule has 9 heteroatoms. The summed E-state index contributed by atoms with van der Waals surface area (Å²) < 4.78 is 5.54. The highest BCUT2D eigenvalue weighted by Crippen LogP contribution is 2.22. The number of nitro benzene ring substituents is 1. The van der Waals surface area contributed by atoms with Crippen LogP contribution in [0.3, 0.4) is 0 Å². The fourth-order valence-electron chi connectivity index (χ4n) is 2.04. The second kappa shape index (κ2) is 14.5. The molecule has 1 aromatic rings. The Morgan fingerprint density at radius 1 is 1.19 bits per heavy atom. The zero-order chi connectivity index (χ0) is 18.5. The molecule has 0 saturated heterocycles. The molecule has 8 nitrogen and oxygen atoms in total. The van der Waals surface area contributed by atoms with Crippen LogP contribution >= 0.6 is 24.0 Å². The second-order valence-corrected chi connectivity index (χ2v) is 5.92. The molecule has 0 saturated carbocycles. The van der Waals surface area contributed by atoms with Crippen molar-refractivity contribution in [2.45, 2.75) is 20.3 Å². The molecule has 0 atom stereocenters. The zero-order valence-electron chi connectivity index (χ0n) is 15.7. The van der Waals surface area contributed by atoms with Crippen LogP contribution in [-0.2, 0) is 4.74 Å². The van der Waals surface area contributed by atoms with E-state index in [1.165, 1.54) is 6.07 Å². The number of para-hydroxylation sites is 2. The smallest absolute Gasteiger partial charge is 0.292 e. The quantitative estimate of drug-likeness (QED) is 0.113. The van der Waals surface area contributed by atoms with Crippen molar-refractivity contribution in [2.75, 3.05) is 45.2 Å². The van der Waals surface area contributed by atoms with E-state index in [9.17, 15) is 10.1 Å². The number of guanidine groups is 1. The van der Waals surface area contributed by atoms with E-state index in [1.807, 2.05) is 0 Å². The topological polar surface area (TPSA) is 101 Å². The number of benzene rings is 1. The molecule has 0 bridgehead atoms. The fraction of sp³-hybridized carbons (Fsp3) is 0.588. The van der Waals surface area contributed by atoms with Crippen LogP contribution in [0.15, 0.2) is 29.3 Å². The molecule has 0 aliphatic carbocycles. The monoisotopic (exact) mass is 479 g/mol. The Hall–Kier alpha value is -1.62. The Kier molecular flexibility index (Phi) is 13.6. The molecule has 1 rings (SSSR count). The summed E-state index contributed by atoms with van der Waals surface area (Å²) in [7, 11) is 1.70. The van der Waals surface area contributed by atoms with E-state index in [4.69, 9.17) is 4.74 Å².